The number of aryl methyl sites for hydroxylation is 1. The van der Waals surface area contributed by atoms with Gasteiger partial charge in [0, 0.05) is 32.6 Å². The molecule has 0 bridgehead atoms. The molecule has 1 fully saturated rings. The summed E-state index contributed by atoms with van der Waals surface area (Å²) in [6.45, 7) is 7.36. The van der Waals surface area contributed by atoms with Crippen LogP contribution in [-0.4, -0.2) is 41.2 Å². The van der Waals surface area contributed by atoms with Gasteiger partial charge in [-0.3, -0.25) is 4.90 Å². The molecule has 0 N–H and O–H groups in total. The maximum absolute atomic E-state index is 13.8. The molecule has 0 spiro atoms. The lowest BCUT2D eigenvalue weighted by atomic mass is 10.2. The molecule has 1 aliphatic rings. The van der Waals surface area contributed by atoms with Crippen LogP contribution in [0.3, 0.4) is 0 Å². The molecule has 1 saturated heterocycles. The first-order valence-electron chi connectivity index (χ1n) is 7.75. The van der Waals surface area contributed by atoms with Gasteiger partial charge in [-0.2, -0.15) is 4.98 Å². The van der Waals surface area contributed by atoms with Gasteiger partial charge < -0.3 is 9.42 Å². The minimum Gasteiger partial charge on any atom is -0.367 e. The predicted molar refractivity (Wildman–Crippen MR) is 82.3 cm³/mol. The number of rotatable bonds is 4. The Bertz CT molecular complexity index is 622. The molecule has 0 aliphatic carbocycles. The van der Waals surface area contributed by atoms with E-state index in [9.17, 15) is 4.39 Å². The fourth-order valence-electron chi connectivity index (χ4n) is 2.80. The lowest BCUT2D eigenvalue weighted by molar-refractivity contribution is 0.164. The van der Waals surface area contributed by atoms with Gasteiger partial charge >= 0.3 is 0 Å². The zero-order chi connectivity index (χ0) is 15.5. The summed E-state index contributed by atoms with van der Waals surface area (Å²) in [6.07, 6.45) is 0.775. The van der Waals surface area contributed by atoms with E-state index in [0.29, 0.717) is 11.6 Å². The summed E-state index contributed by atoms with van der Waals surface area (Å²) in [7, 11) is 0. The quantitative estimate of drug-likeness (QED) is 0.869. The number of aromatic nitrogens is 2. The molecule has 1 aromatic heterocycles. The number of halogens is 1. The van der Waals surface area contributed by atoms with E-state index in [2.05, 4.69) is 26.9 Å². The number of benzene rings is 1. The monoisotopic (exact) mass is 304 g/mol. The SMILES string of the molecule is CCc1noc(C(C)N2CCN(c3ccccc3F)CC2)n1. The summed E-state index contributed by atoms with van der Waals surface area (Å²) in [5.41, 5.74) is 0.681. The third-order valence-corrected chi connectivity index (χ3v) is 4.21. The maximum atomic E-state index is 13.8. The van der Waals surface area contributed by atoms with E-state index < -0.39 is 0 Å². The van der Waals surface area contributed by atoms with Crippen molar-refractivity contribution in [3.63, 3.8) is 0 Å². The third-order valence-electron chi connectivity index (χ3n) is 4.21. The number of nitrogens with zero attached hydrogens (tertiary/aromatic N) is 4. The standard InChI is InChI=1S/C16H21FN4O/c1-3-15-18-16(22-19-15)12(2)20-8-10-21(11-9-20)14-7-5-4-6-13(14)17/h4-7,12H,3,8-11H2,1-2H3. The van der Waals surface area contributed by atoms with E-state index in [1.807, 2.05) is 19.1 Å². The maximum Gasteiger partial charge on any atom is 0.243 e. The molecule has 22 heavy (non-hydrogen) atoms. The first-order valence-corrected chi connectivity index (χ1v) is 7.75. The lowest BCUT2D eigenvalue weighted by Crippen LogP contribution is -2.47. The Morgan fingerprint density at radius 1 is 1.23 bits per heavy atom. The molecule has 2 aromatic rings. The molecule has 0 amide bonds. The number of hydrogen-bond acceptors (Lipinski definition) is 5. The minimum absolute atomic E-state index is 0.0931. The van der Waals surface area contributed by atoms with Gasteiger partial charge in [0.15, 0.2) is 5.82 Å². The summed E-state index contributed by atoms with van der Waals surface area (Å²) in [6, 6.07) is 7.03. The molecule has 1 aromatic carbocycles. The summed E-state index contributed by atoms with van der Waals surface area (Å²) in [4.78, 5) is 8.79. The highest BCUT2D eigenvalue weighted by molar-refractivity contribution is 5.48. The van der Waals surface area contributed by atoms with E-state index in [0.717, 1.165) is 38.4 Å². The Labute approximate surface area is 129 Å². The van der Waals surface area contributed by atoms with Crippen LogP contribution >= 0.6 is 0 Å². The Hall–Kier alpha value is -1.95. The van der Waals surface area contributed by atoms with Gasteiger partial charge in [0.2, 0.25) is 5.89 Å². The van der Waals surface area contributed by atoms with Crippen LogP contribution < -0.4 is 4.90 Å². The van der Waals surface area contributed by atoms with Crippen molar-refractivity contribution < 1.29 is 8.91 Å². The Balaban J connectivity index is 1.63. The zero-order valence-electron chi connectivity index (χ0n) is 13.0. The molecule has 3 rings (SSSR count). The fraction of sp³-hybridized carbons (Fsp3) is 0.500. The van der Waals surface area contributed by atoms with E-state index in [1.165, 1.54) is 6.07 Å². The van der Waals surface area contributed by atoms with Crippen molar-refractivity contribution in [2.45, 2.75) is 26.3 Å². The molecule has 1 aliphatic heterocycles. The van der Waals surface area contributed by atoms with Crippen LogP contribution in [0.5, 0.6) is 0 Å². The van der Waals surface area contributed by atoms with Gasteiger partial charge in [-0.25, -0.2) is 4.39 Å². The molecule has 118 valence electrons. The van der Waals surface area contributed by atoms with Gasteiger partial charge in [0.05, 0.1) is 11.7 Å². The van der Waals surface area contributed by atoms with Crippen LogP contribution in [0.25, 0.3) is 0 Å². The van der Waals surface area contributed by atoms with Gasteiger partial charge in [0.25, 0.3) is 0 Å². The highest BCUT2D eigenvalue weighted by atomic mass is 19.1. The van der Waals surface area contributed by atoms with Crippen LogP contribution in [0.15, 0.2) is 28.8 Å². The summed E-state index contributed by atoms with van der Waals surface area (Å²) >= 11 is 0. The van der Waals surface area contributed by atoms with Crippen molar-refractivity contribution in [2.24, 2.45) is 0 Å². The topological polar surface area (TPSA) is 45.4 Å². The first kappa shape index (κ1) is 15.0. The highest BCUT2D eigenvalue weighted by Crippen LogP contribution is 2.24. The number of piperazine rings is 1. The van der Waals surface area contributed by atoms with Crippen molar-refractivity contribution in [1.29, 1.82) is 0 Å². The third kappa shape index (κ3) is 2.97. The van der Waals surface area contributed by atoms with E-state index >= 15 is 0 Å². The second-order valence-electron chi connectivity index (χ2n) is 5.55. The van der Waals surface area contributed by atoms with Crippen LogP contribution in [0, 0.1) is 5.82 Å². The average molecular weight is 304 g/mol. The van der Waals surface area contributed by atoms with Crippen LogP contribution in [0.4, 0.5) is 10.1 Å². The summed E-state index contributed by atoms with van der Waals surface area (Å²) in [5.74, 6) is 1.25. The molecular weight excluding hydrogens is 283 g/mol. The lowest BCUT2D eigenvalue weighted by Gasteiger charge is -2.38. The van der Waals surface area contributed by atoms with Gasteiger partial charge in [-0.1, -0.05) is 24.2 Å². The molecule has 0 radical (unpaired) electrons. The molecule has 5 nitrogen and oxygen atoms in total. The van der Waals surface area contributed by atoms with Gasteiger partial charge in [-0.05, 0) is 19.1 Å². The van der Waals surface area contributed by atoms with Crippen molar-refractivity contribution in [2.75, 3.05) is 31.1 Å². The summed E-state index contributed by atoms with van der Waals surface area (Å²) in [5, 5.41) is 3.95. The summed E-state index contributed by atoms with van der Waals surface area (Å²) < 4.78 is 19.2. The molecule has 1 unspecified atom stereocenters. The van der Waals surface area contributed by atoms with Crippen molar-refractivity contribution in [1.82, 2.24) is 15.0 Å². The second-order valence-corrected chi connectivity index (χ2v) is 5.55. The highest BCUT2D eigenvalue weighted by Gasteiger charge is 2.26. The molecule has 1 atom stereocenters. The Morgan fingerprint density at radius 3 is 2.59 bits per heavy atom. The fourth-order valence-corrected chi connectivity index (χ4v) is 2.80. The smallest absolute Gasteiger partial charge is 0.243 e. The Morgan fingerprint density at radius 2 is 1.95 bits per heavy atom. The number of para-hydroxylation sites is 1. The average Bonchev–Trinajstić information content (AvgIpc) is 3.04. The van der Waals surface area contributed by atoms with E-state index in [-0.39, 0.29) is 11.9 Å². The van der Waals surface area contributed by atoms with E-state index in [1.54, 1.807) is 6.07 Å². The zero-order valence-corrected chi connectivity index (χ0v) is 13.0. The van der Waals surface area contributed by atoms with Gasteiger partial charge in [-0.15, -0.1) is 0 Å². The minimum atomic E-state index is -0.159. The number of hydrogen-bond donors (Lipinski definition) is 0. The molecule has 6 heteroatoms. The van der Waals surface area contributed by atoms with E-state index in [4.69, 9.17) is 4.52 Å². The number of anilines is 1. The predicted octanol–water partition coefficient (Wildman–Crippen LogP) is 2.65. The largest absolute Gasteiger partial charge is 0.367 e. The van der Waals surface area contributed by atoms with Crippen molar-refractivity contribution >= 4 is 5.69 Å². The van der Waals surface area contributed by atoms with Crippen molar-refractivity contribution in [3.05, 3.63) is 41.8 Å². The van der Waals surface area contributed by atoms with Gasteiger partial charge in [0.1, 0.15) is 5.82 Å². The van der Waals surface area contributed by atoms with Crippen LogP contribution in [-0.2, 0) is 6.42 Å². The van der Waals surface area contributed by atoms with Crippen LogP contribution in [0.1, 0.15) is 31.6 Å². The second kappa shape index (κ2) is 6.44. The first-order chi connectivity index (χ1) is 10.7. The molecule has 0 saturated carbocycles. The van der Waals surface area contributed by atoms with Crippen LogP contribution in [0.2, 0.25) is 0 Å². The molecular formula is C16H21FN4O. The molecule has 2 heterocycles. The normalized spacial score (nSPS) is 17.7. The van der Waals surface area contributed by atoms with Crippen molar-refractivity contribution in [3.8, 4) is 0 Å². The Kier molecular flexibility index (Phi) is 4.38.